The highest BCUT2D eigenvalue weighted by Gasteiger charge is 2.25. The Morgan fingerprint density at radius 3 is 2.54 bits per heavy atom. The van der Waals surface area contributed by atoms with Gasteiger partial charge in [-0.3, -0.25) is 25.0 Å². The Morgan fingerprint density at radius 2 is 1.89 bits per heavy atom. The molecule has 2 aliphatic heterocycles. The summed E-state index contributed by atoms with van der Waals surface area (Å²) in [5.41, 5.74) is 0.476. The summed E-state index contributed by atoms with van der Waals surface area (Å²) in [7, 11) is 1.46. The number of morpholine rings is 1. The van der Waals surface area contributed by atoms with E-state index in [1.807, 2.05) is 0 Å². The van der Waals surface area contributed by atoms with Crippen LogP contribution in [0.2, 0.25) is 0 Å². The van der Waals surface area contributed by atoms with Gasteiger partial charge >= 0.3 is 0 Å². The highest BCUT2D eigenvalue weighted by atomic mass is 32.1. The van der Waals surface area contributed by atoms with Crippen LogP contribution in [0.15, 0.2) is 23.8 Å². The monoisotopic (exact) mass is 405 g/mol. The lowest BCUT2D eigenvalue weighted by Gasteiger charge is -2.26. The number of ether oxygens (including phenoxy) is 3. The Morgan fingerprint density at radius 1 is 1.21 bits per heavy atom. The van der Waals surface area contributed by atoms with Crippen LogP contribution in [0.4, 0.5) is 0 Å². The van der Waals surface area contributed by atoms with Gasteiger partial charge in [-0.1, -0.05) is 6.07 Å². The molecule has 148 valence electrons. The maximum Gasteiger partial charge on any atom is 0.263 e. The first-order chi connectivity index (χ1) is 13.5. The van der Waals surface area contributed by atoms with E-state index in [9.17, 15) is 14.4 Å². The van der Waals surface area contributed by atoms with Crippen molar-refractivity contribution in [2.24, 2.45) is 0 Å². The number of carbonyl (C=O) groups is 3. The van der Waals surface area contributed by atoms with Gasteiger partial charge in [-0.2, -0.15) is 0 Å². The number of hydrogen-bond donors (Lipinski definition) is 2. The van der Waals surface area contributed by atoms with Gasteiger partial charge in [0, 0.05) is 13.1 Å². The van der Waals surface area contributed by atoms with E-state index in [1.165, 1.54) is 13.2 Å². The van der Waals surface area contributed by atoms with Crippen molar-refractivity contribution in [3.8, 4) is 11.5 Å². The van der Waals surface area contributed by atoms with Crippen molar-refractivity contribution in [3.63, 3.8) is 0 Å². The van der Waals surface area contributed by atoms with Crippen molar-refractivity contribution in [2.75, 3.05) is 40.0 Å². The molecule has 0 radical (unpaired) electrons. The first kappa shape index (κ1) is 19.8. The van der Waals surface area contributed by atoms with Crippen LogP contribution in [0.5, 0.6) is 11.5 Å². The van der Waals surface area contributed by atoms with Gasteiger partial charge in [-0.25, -0.2) is 0 Å². The third-order valence-corrected chi connectivity index (χ3v) is 4.36. The predicted molar refractivity (Wildman–Crippen MR) is 103 cm³/mol. The van der Waals surface area contributed by atoms with Crippen molar-refractivity contribution in [1.82, 2.24) is 15.5 Å². The summed E-state index contributed by atoms with van der Waals surface area (Å²) in [4.78, 5) is 37.7. The second-order valence-electron chi connectivity index (χ2n) is 5.99. The fraction of sp³-hybridized carbons (Fsp3) is 0.333. The van der Waals surface area contributed by atoms with E-state index < -0.39 is 11.8 Å². The minimum atomic E-state index is -0.579. The Hall–Kier alpha value is -2.98. The molecule has 0 atom stereocenters. The Balaban J connectivity index is 1.70. The number of nitrogens with one attached hydrogen (secondary N) is 2. The molecule has 9 nitrogen and oxygen atoms in total. The molecule has 0 bridgehead atoms. The first-order valence-electron chi connectivity index (χ1n) is 8.52. The third-order valence-electron chi connectivity index (χ3n) is 4.16. The molecule has 0 aliphatic carbocycles. The average molecular weight is 405 g/mol. The van der Waals surface area contributed by atoms with Gasteiger partial charge in [0.2, 0.25) is 0 Å². The number of hydrogen-bond acceptors (Lipinski definition) is 7. The lowest BCUT2D eigenvalue weighted by atomic mass is 10.1. The van der Waals surface area contributed by atoms with Crippen LogP contribution in [0.25, 0.3) is 6.08 Å². The smallest absolute Gasteiger partial charge is 0.263 e. The number of nitrogens with zero attached hydrogens (tertiary/aromatic N) is 1. The Bertz CT molecular complexity index is 826. The van der Waals surface area contributed by atoms with E-state index in [0.29, 0.717) is 43.4 Å². The molecular formula is C18H19N3O6S. The Labute approximate surface area is 166 Å². The zero-order valence-corrected chi connectivity index (χ0v) is 16.0. The molecule has 2 saturated heterocycles. The molecule has 0 aromatic heterocycles. The summed E-state index contributed by atoms with van der Waals surface area (Å²) in [6.07, 6.45) is 1.41. The second kappa shape index (κ2) is 8.81. The normalized spacial score (nSPS) is 17.0. The number of amides is 3. The molecule has 0 spiro atoms. The molecule has 28 heavy (non-hydrogen) atoms. The maximum atomic E-state index is 12.2. The van der Waals surface area contributed by atoms with Gasteiger partial charge < -0.3 is 19.1 Å². The van der Waals surface area contributed by atoms with Gasteiger partial charge in [0.25, 0.3) is 17.7 Å². The molecular weight excluding hydrogens is 386 g/mol. The first-order valence-corrected chi connectivity index (χ1v) is 8.93. The van der Waals surface area contributed by atoms with Crippen LogP contribution in [-0.2, 0) is 19.1 Å². The van der Waals surface area contributed by atoms with Crippen LogP contribution in [0.3, 0.4) is 0 Å². The fourth-order valence-corrected chi connectivity index (χ4v) is 2.90. The van der Waals surface area contributed by atoms with Gasteiger partial charge in [0.1, 0.15) is 5.57 Å². The zero-order chi connectivity index (χ0) is 20.1. The van der Waals surface area contributed by atoms with Gasteiger partial charge in [0.05, 0.1) is 20.3 Å². The average Bonchev–Trinajstić information content (AvgIpc) is 2.69. The SMILES string of the molecule is COc1cc(C=C2C(=O)NC(=S)NC2=O)ccc1OCC(=O)N1CCOCC1. The van der Waals surface area contributed by atoms with Crippen LogP contribution in [0, 0.1) is 0 Å². The second-order valence-corrected chi connectivity index (χ2v) is 6.40. The van der Waals surface area contributed by atoms with Gasteiger partial charge in [-0.05, 0) is 36.0 Å². The molecule has 3 amide bonds. The largest absolute Gasteiger partial charge is 0.493 e. The molecule has 2 N–H and O–H groups in total. The van der Waals surface area contributed by atoms with Crippen LogP contribution < -0.4 is 20.1 Å². The molecule has 1 aromatic carbocycles. The van der Waals surface area contributed by atoms with Gasteiger partial charge in [-0.15, -0.1) is 0 Å². The van der Waals surface area contributed by atoms with E-state index in [1.54, 1.807) is 23.1 Å². The summed E-state index contributed by atoms with van der Waals surface area (Å²) in [6.45, 7) is 1.99. The molecule has 0 unspecified atom stereocenters. The van der Waals surface area contributed by atoms with Crippen molar-refractivity contribution in [3.05, 3.63) is 29.3 Å². The summed E-state index contributed by atoms with van der Waals surface area (Å²) in [5.74, 6) is -0.544. The standard InChI is InChI=1S/C18H19N3O6S/c1-25-14-9-11(8-12-16(23)19-18(28)20-17(12)24)2-3-13(14)27-10-15(22)21-4-6-26-7-5-21/h2-3,8-9H,4-7,10H2,1H3,(H2,19,20,23,24,28). The van der Waals surface area contributed by atoms with Crippen molar-refractivity contribution in [1.29, 1.82) is 0 Å². The number of benzene rings is 1. The van der Waals surface area contributed by atoms with Crippen LogP contribution in [-0.4, -0.2) is 67.8 Å². The molecule has 0 saturated carbocycles. The topological polar surface area (TPSA) is 106 Å². The summed E-state index contributed by atoms with van der Waals surface area (Å²) in [5, 5.41) is 4.71. The number of carbonyl (C=O) groups excluding carboxylic acids is 3. The lowest BCUT2D eigenvalue weighted by molar-refractivity contribution is -0.137. The Kier molecular flexibility index (Phi) is 6.22. The van der Waals surface area contributed by atoms with Crippen LogP contribution in [0.1, 0.15) is 5.56 Å². The molecule has 2 heterocycles. The highest BCUT2D eigenvalue weighted by Crippen LogP contribution is 2.29. The van der Waals surface area contributed by atoms with Gasteiger partial charge in [0.15, 0.2) is 23.2 Å². The van der Waals surface area contributed by atoms with E-state index in [0.717, 1.165) is 0 Å². The number of rotatable bonds is 5. The van der Waals surface area contributed by atoms with E-state index in [2.05, 4.69) is 10.6 Å². The predicted octanol–water partition coefficient (Wildman–Crippen LogP) is -0.153. The molecule has 1 aromatic rings. The van der Waals surface area contributed by atoms with Crippen molar-refractivity contribution >= 4 is 41.1 Å². The lowest BCUT2D eigenvalue weighted by Crippen LogP contribution is -2.51. The molecule has 10 heteroatoms. The number of thiocarbonyl (C=S) groups is 1. The third kappa shape index (κ3) is 4.65. The molecule has 2 aliphatic rings. The minimum absolute atomic E-state index is 0.0292. The highest BCUT2D eigenvalue weighted by molar-refractivity contribution is 7.80. The summed E-state index contributed by atoms with van der Waals surface area (Å²) >= 11 is 4.77. The molecule has 2 fully saturated rings. The van der Waals surface area contributed by atoms with Crippen molar-refractivity contribution in [2.45, 2.75) is 0 Å². The maximum absolute atomic E-state index is 12.2. The quantitative estimate of drug-likeness (QED) is 0.399. The summed E-state index contributed by atoms with van der Waals surface area (Å²) < 4.78 is 16.1. The van der Waals surface area contributed by atoms with E-state index in [4.69, 9.17) is 26.4 Å². The number of methoxy groups -OCH3 is 1. The zero-order valence-electron chi connectivity index (χ0n) is 15.1. The van der Waals surface area contributed by atoms with Crippen LogP contribution >= 0.6 is 12.2 Å². The van der Waals surface area contributed by atoms with E-state index >= 15 is 0 Å². The molecule has 3 rings (SSSR count). The summed E-state index contributed by atoms with van der Waals surface area (Å²) in [6, 6.07) is 4.87. The minimum Gasteiger partial charge on any atom is -0.493 e. The fourth-order valence-electron chi connectivity index (χ4n) is 2.71. The van der Waals surface area contributed by atoms with Crippen molar-refractivity contribution < 1.29 is 28.6 Å². The van der Waals surface area contributed by atoms with E-state index in [-0.39, 0.29) is 23.2 Å².